The van der Waals surface area contributed by atoms with E-state index in [-0.39, 0.29) is 6.42 Å². The SMILES string of the molecule is CCCCCCCCCCC/C=C\C/C=C\CCCCCCCCCCCCC(O)C(=O)NC(COC1OC(CO)C(O)C(O)C1O)C(O)C(O)CCCCCCCCC. The summed E-state index contributed by atoms with van der Waals surface area (Å²) >= 11 is 0. The van der Waals surface area contributed by atoms with Crippen LogP contribution < -0.4 is 5.32 Å². The Morgan fingerprint density at radius 3 is 1.48 bits per heavy atom. The summed E-state index contributed by atoms with van der Waals surface area (Å²) in [5.41, 5.74) is 0. The Bertz CT molecular complexity index is 1030. The monoisotopic (exact) mass is 856 g/mol. The van der Waals surface area contributed by atoms with Gasteiger partial charge >= 0.3 is 0 Å². The third-order valence-corrected chi connectivity index (χ3v) is 12.0. The molecule has 1 heterocycles. The number of rotatable bonds is 41. The molecule has 0 radical (unpaired) electrons. The molecule has 1 aliphatic rings. The normalized spacial score (nSPS) is 21.8. The maximum Gasteiger partial charge on any atom is 0.249 e. The van der Waals surface area contributed by atoms with Gasteiger partial charge in [-0.15, -0.1) is 0 Å². The van der Waals surface area contributed by atoms with Crippen LogP contribution >= 0.6 is 0 Å². The molecule has 1 amide bonds. The highest BCUT2D eigenvalue weighted by Gasteiger charge is 2.44. The molecule has 0 aliphatic carbocycles. The predicted molar refractivity (Wildman–Crippen MR) is 242 cm³/mol. The van der Waals surface area contributed by atoms with E-state index in [0.29, 0.717) is 19.3 Å². The van der Waals surface area contributed by atoms with Gasteiger partial charge in [0.2, 0.25) is 5.91 Å². The number of aliphatic hydroxyl groups excluding tert-OH is 7. The van der Waals surface area contributed by atoms with E-state index in [4.69, 9.17) is 9.47 Å². The summed E-state index contributed by atoms with van der Waals surface area (Å²) < 4.78 is 11.0. The van der Waals surface area contributed by atoms with Gasteiger partial charge in [-0.1, -0.05) is 192 Å². The molecule has 60 heavy (non-hydrogen) atoms. The number of hydrogen-bond donors (Lipinski definition) is 8. The van der Waals surface area contributed by atoms with E-state index in [1.165, 1.54) is 116 Å². The van der Waals surface area contributed by atoms with E-state index < -0.39 is 74.2 Å². The van der Waals surface area contributed by atoms with Crippen molar-refractivity contribution in [2.45, 2.75) is 268 Å². The van der Waals surface area contributed by atoms with Crippen molar-refractivity contribution in [2.75, 3.05) is 13.2 Å². The fourth-order valence-corrected chi connectivity index (χ4v) is 7.88. The molecule has 0 aromatic heterocycles. The second-order valence-corrected chi connectivity index (χ2v) is 17.5. The molecule has 354 valence electrons. The van der Waals surface area contributed by atoms with E-state index in [1.807, 2.05) is 0 Å². The minimum atomic E-state index is -1.66. The Labute approximate surface area is 365 Å². The number of aliphatic hydroxyl groups is 7. The lowest BCUT2D eigenvalue weighted by atomic mass is 9.98. The van der Waals surface area contributed by atoms with Crippen molar-refractivity contribution in [3.8, 4) is 0 Å². The van der Waals surface area contributed by atoms with E-state index in [2.05, 4.69) is 43.5 Å². The third-order valence-electron chi connectivity index (χ3n) is 12.0. The Morgan fingerprint density at radius 1 is 0.583 bits per heavy atom. The van der Waals surface area contributed by atoms with Crippen LogP contribution in [0.5, 0.6) is 0 Å². The quantitative estimate of drug-likeness (QED) is 0.0218. The van der Waals surface area contributed by atoms with Crippen molar-refractivity contribution in [3.63, 3.8) is 0 Å². The summed E-state index contributed by atoms with van der Waals surface area (Å²) in [5.74, 6) is -0.702. The zero-order valence-corrected chi connectivity index (χ0v) is 38.2. The average Bonchev–Trinajstić information content (AvgIpc) is 3.25. The first-order valence-electron chi connectivity index (χ1n) is 24.7. The smallest absolute Gasteiger partial charge is 0.249 e. The molecule has 9 unspecified atom stereocenters. The third kappa shape index (κ3) is 28.3. The van der Waals surface area contributed by atoms with Gasteiger partial charge in [-0.25, -0.2) is 0 Å². The largest absolute Gasteiger partial charge is 0.394 e. The highest BCUT2D eigenvalue weighted by atomic mass is 16.7. The molecule has 11 nitrogen and oxygen atoms in total. The molecule has 9 atom stereocenters. The Kier molecular flexibility index (Phi) is 37.0. The summed E-state index contributed by atoms with van der Waals surface area (Å²) in [6.45, 7) is 3.38. The first kappa shape index (κ1) is 56.6. The van der Waals surface area contributed by atoms with E-state index >= 15 is 0 Å². The highest BCUT2D eigenvalue weighted by molar-refractivity contribution is 5.80. The predicted octanol–water partition coefficient (Wildman–Crippen LogP) is 8.62. The number of amides is 1. The minimum absolute atomic E-state index is 0.257. The first-order chi connectivity index (χ1) is 29.2. The van der Waals surface area contributed by atoms with Crippen LogP contribution in [0.2, 0.25) is 0 Å². The van der Waals surface area contributed by atoms with E-state index in [1.54, 1.807) is 0 Å². The second-order valence-electron chi connectivity index (χ2n) is 17.5. The molecular weight excluding hydrogens is 763 g/mol. The number of carbonyl (C=O) groups is 1. The summed E-state index contributed by atoms with van der Waals surface area (Å²) in [6, 6.07) is -1.16. The molecular formula is C49H93NO10. The molecule has 0 aromatic carbocycles. The molecule has 0 aromatic rings. The number of allylic oxidation sites excluding steroid dienone is 4. The van der Waals surface area contributed by atoms with Crippen molar-refractivity contribution in [1.29, 1.82) is 0 Å². The number of carbonyl (C=O) groups excluding carboxylic acids is 1. The number of hydrogen-bond acceptors (Lipinski definition) is 10. The number of nitrogens with one attached hydrogen (secondary N) is 1. The van der Waals surface area contributed by atoms with Crippen molar-refractivity contribution in [1.82, 2.24) is 5.32 Å². The summed E-state index contributed by atoms with van der Waals surface area (Å²) in [4.78, 5) is 13.0. The van der Waals surface area contributed by atoms with Crippen LogP contribution in [0.25, 0.3) is 0 Å². The van der Waals surface area contributed by atoms with Crippen LogP contribution in [0.1, 0.15) is 213 Å². The van der Waals surface area contributed by atoms with Gasteiger partial charge in [0.05, 0.1) is 25.4 Å². The Balaban J connectivity index is 2.26. The fraction of sp³-hybridized carbons (Fsp3) is 0.898. The molecule has 0 spiro atoms. The van der Waals surface area contributed by atoms with Crippen molar-refractivity contribution < 1.29 is 50.0 Å². The van der Waals surface area contributed by atoms with Crippen molar-refractivity contribution >= 4 is 5.91 Å². The van der Waals surface area contributed by atoms with Gasteiger partial charge in [0.25, 0.3) is 0 Å². The van der Waals surface area contributed by atoms with E-state index in [0.717, 1.165) is 57.8 Å². The fourth-order valence-electron chi connectivity index (χ4n) is 7.88. The highest BCUT2D eigenvalue weighted by Crippen LogP contribution is 2.23. The van der Waals surface area contributed by atoms with Gasteiger partial charge in [-0.2, -0.15) is 0 Å². The molecule has 11 heteroatoms. The zero-order chi connectivity index (χ0) is 44.1. The first-order valence-corrected chi connectivity index (χ1v) is 24.7. The van der Waals surface area contributed by atoms with E-state index in [9.17, 15) is 40.5 Å². The summed E-state index contributed by atoms with van der Waals surface area (Å²) in [6.07, 6.45) is 32.7. The molecule has 1 rings (SSSR count). The van der Waals surface area contributed by atoms with Gasteiger partial charge in [0.15, 0.2) is 6.29 Å². The van der Waals surface area contributed by atoms with Gasteiger partial charge in [0, 0.05) is 0 Å². The van der Waals surface area contributed by atoms with Crippen molar-refractivity contribution in [3.05, 3.63) is 24.3 Å². The van der Waals surface area contributed by atoms with Gasteiger partial charge in [0.1, 0.15) is 36.6 Å². The maximum atomic E-state index is 13.0. The van der Waals surface area contributed by atoms with Crippen LogP contribution in [0, 0.1) is 0 Å². The van der Waals surface area contributed by atoms with Crippen LogP contribution in [0.4, 0.5) is 0 Å². The molecule has 0 saturated carbocycles. The lowest BCUT2D eigenvalue weighted by Gasteiger charge is -2.40. The molecule has 0 bridgehead atoms. The molecule has 8 N–H and O–H groups in total. The lowest BCUT2D eigenvalue weighted by molar-refractivity contribution is -0.303. The minimum Gasteiger partial charge on any atom is -0.394 e. The zero-order valence-electron chi connectivity index (χ0n) is 38.2. The summed E-state index contributed by atoms with van der Waals surface area (Å²) in [5, 5.41) is 75.4. The van der Waals surface area contributed by atoms with Crippen LogP contribution in [-0.2, 0) is 14.3 Å². The maximum absolute atomic E-state index is 13.0. The van der Waals surface area contributed by atoms with Crippen molar-refractivity contribution in [2.24, 2.45) is 0 Å². The van der Waals surface area contributed by atoms with Gasteiger partial charge < -0.3 is 50.5 Å². The lowest BCUT2D eigenvalue weighted by Crippen LogP contribution is -2.60. The van der Waals surface area contributed by atoms with Gasteiger partial charge in [-0.3, -0.25) is 4.79 Å². The molecule has 1 saturated heterocycles. The number of ether oxygens (including phenoxy) is 2. The topological polar surface area (TPSA) is 189 Å². The standard InChI is InChI=1S/C49H93NO10/c1-3-5-7-9-11-12-13-14-15-16-17-18-19-20-21-22-23-24-25-26-27-28-29-31-33-35-37-42(53)48(58)50-40(44(54)41(52)36-34-32-30-10-8-6-4-2)39-59-49-47(57)46(56)45(55)43(38-51)60-49/h17-18,20-21,40-47,49,51-57H,3-16,19,22-39H2,1-2H3,(H,50,58)/b18-17-,21-20-. The van der Waals surface area contributed by atoms with Gasteiger partial charge in [-0.05, 0) is 44.9 Å². The molecule has 1 fully saturated rings. The number of unbranched alkanes of at least 4 members (excludes halogenated alkanes) is 25. The summed E-state index contributed by atoms with van der Waals surface area (Å²) in [7, 11) is 0. The van der Waals surface area contributed by atoms with Crippen LogP contribution in [0.3, 0.4) is 0 Å². The van der Waals surface area contributed by atoms with Crippen LogP contribution in [-0.4, -0.2) is 110 Å². The second kappa shape index (κ2) is 39.2. The Morgan fingerprint density at radius 2 is 1.02 bits per heavy atom. The molecule has 1 aliphatic heterocycles. The average molecular weight is 856 g/mol. The Hall–Kier alpha value is -1.41. The van der Waals surface area contributed by atoms with Crippen LogP contribution in [0.15, 0.2) is 24.3 Å².